The van der Waals surface area contributed by atoms with Gasteiger partial charge in [0.25, 0.3) is 0 Å². The zero-order valence-electron chi connectivity index (χ0n) is 17.2. The van der Waals surface area contributed by atoms with Crippen molar-refractivity contribution in [2.75, 3.05) is 47.0 Å². The number of rotatable bonds is 9. The normalized spacial score (nSPS) is 17.9. The SMILES string of the molecule is CN=C(NCc1cccc(OCCN(C)C2CCOCC2)c1)NCC1CC1.I. The van der Waals surface area contributed by atoms with Crippen LogP contribution in [0.4, 0.5) is 0 Å². The highest BCUT2D eigenvalue weighted by Gasteiger charge is 2.21. The summed E-state index contributed by atoms with van der Waals surface area (Å²) in [4.78, 5) is 6.68. The minimum absolute atomic E-state index is 0. The van der Waals surface area contributed by atoms with Crippen molar-refractivity contribution in [1.29, 1.82) is 0 Å². The van der Waals surface area contributed by atoms with E-state index in [4.69, 9.17) is 9.47 Å². The average molecular weight is 502 g/mol. The van der Waals surface area contributed by atoms with Gasteiger partial charge in [0.15, 0.2) is 5.96 Å². The largest absolute Gasteiger partial charge is 0.492 e. The average Bonchev–Trinajstić information content (AvgIpc) is 3.53. The minimum Gasteiger partial charge on any atom is -0.492 e. The van der Waals surface area contributed by atoms with Crippen LogP contribution in [0.1, 0.15) is 31.2 Å². The molecule has 1 aliphatic heterocycles. The summed E-state index contributed by atoms with van der Waals surface area (Å²) >= 11 is 0. The van der Waals surface area contributed by atoms with E-state index in [0.29, 0.717) is 12.6 Å². The number of nitrogens with zero attached hydrogens (tertiary/aromatic N) is 2. The zero-order valence-corrected chi connectivity index (χ0v) is 19.5. The Morgan fingerprint density at radius 2 is 2.00 bits per heavy atom. The third-order valence-corrected chi connectivity index (χ3v) is 5.36. The Labute approximate surface area is 186 Å². The first kappa shape index (κ1) is 23.2. The summed E-state index contributed by atoms with van der Waals surface area (Å²) in [5, 5.41) is 6.76. The van der Waals surface area contributed by atoms with Crippen LogP contribution in [-0.4, -0.2) is 63.9 Å². The summed E-state index contributed by atoms with van der Waals surface area (Å²) in [5.41, 5.74) is 1.19. The molecule has 1 aromatic carbocycles. The molecule has 0 radical (unpaired) electrons. The fourth-order valence-electron chi connectivity index (χ4n) is 3.33. The van der Waals surface area contributed by atoms with E-state index in [1.54, 1.807) is 0 Å². The number of likely N-dealkylation sites (N-methyl/N-ethyl adjacent to an activating group) is 1. The third kappa shape index (κ3) is 8.13. The summed E-state index contributed by atoms with van der Waals surface area (Å²) in [7, 11) is 4.00. The van der Waals surface area contributed by atoms with Crippen molar-refractivity contribution in [2.24, 2.45) is 10.9 Å². The molecule has 1 aromatic rings. The molecule has 2 N–H and O–H groups in total. The monoisotopic (exact) mass is 502 g/mol. The maximum absolute atomic E-state index is 5.98. The highest BCUT2D eigenvalue weighted by atomic mass is 127. The predicted octanol–water partition coefficient (Wildman–Crippen LogP) is 2.87. The Bertz CT molecular complexity index is 604. The summed E-state index contributed by atoms with van der Waals surface area (Å²) in [6, 6.07) is 8.91. The van der Waals surface area contributed by atoms with Gasteiger partial charge in [-0.05, 0) is 56.3 Å². The quantitative estimate of drug-likeness (QED) is 0.309. The molecule has 7 heteroatoms. The van der Waals surface area contributed by atoms with Gasteiger partial charge in [0.05, 0.1) is 0 Å². The van der Waals surface area contributed by atoms with E-state index >= 15 is 0 Å². The standard InChI is InChI=1S/C21H34N4O2.HI/c1-22-21(23-15-17-6-7-17)24-16-18-4-3-5-20(14-18)27-13-10-25(2)19-8-11-26-12-9-19;/h3-5,14,17,19H,6-13,15-16H2,1-2H3,(H2,22,23,24);1H. The van der Waals surface area contributed by atoms with Gasteiger partial charge in [-0.25, -0.2) is 0 Å². The maximum atomic E-state index is 5.98. The molecular formula is C21H35IN4O2. The zero-order chi connectivity index (χ0) is 18.9. The molecule has 6 nitrogen and oxygen atoms in total. The van der Waals surface area contributed by atoms with Crippen LogP contribution in [0.15, 0.2) is 29.3 Å². The molecule has 1 heterocycles. The van der Waals surface area contributed by atoms with Crippen molar-refractivity contribution < 1.29 is 9.47 Å². The molecule has 3 rings (SSSR count). The lowest BCUT2D eigenvalue weighted by molar-refractivity contribution is 0.0392. The molecule has 1 aliphatic carbocycles. The Kier molecular flexibility index (Phi) is 10.4. The highest BCUT2D eigenvalue weighted by Crippen LogP contribution is 2.27. The number of guanidine groups is 1. The van der Waals surface area contributed by atoms with Crippen LogP contribution in [0.25, 0.3) is 0 Å². The third-order valence-electron chi connectivity index (χ3n) is 5.36. The van der Waals surface area contributed by atoms with Crippen molar-refractivity contribution in [3.8, 4) is 5.75 Å². The molecule has 0 atom stereocenters. The molecular weight excluding hydrogens is 467 g/mol. The maximum Gasteiger partial charge on any atom is 0.191 e. The molecule has 28 heavy (non-hydrogen) atoms. The lowest BCUT2D eigenvalue weighted by Gasteiger charge is -2.31. The van der Waals surface area contributed by atoms with Gasteiger partial charge in [-0.3, -0.25) is 9.89 Å². The van der Waals surface area contributed by atoms with E-state index in [1.807, 2.05) is 13.1 Å². The summed E-state index contributed by atoms with van der Waals surface area (Å²) < 4.78 is 11.4. The fraction of sp³-hybridized carbons (Fsp3) is 0.667. The number of halogens is 1. The molecule has 0 amide bonds. The van der Waals surface area contributed by atoms with Gasteiger partial charge in [-0.1, -0.05) is 12.1 Å². The van der Waals surface area contributed by atoms with E-state index < -0.39 is 0 Å². The van der Waals surface area contributed by atoms with Crippen molar-refractivity contribution in [2.45, 2.75) is 38.3 Å². The Hall–Kier alpha value is -1.06. The summed E-state index contributed by atoms with van der Waals surface area (Å²) in [5.74, 6) is 2.63. The van der Waals surface area contributed by atoms with Crippen molar-refractivity contribution in [3.05, 3.63) is 29.8 Å². The van der Waals surface area contributed by atoms with Gasteiger partial charge in [0.1, 0.15) is 12.4 Å². The smallest absolute Gasteiger partial charge is 0.191 e. The summed E-state index contributed by atoms with van der Waals surface area (Å²) in [6.45, 7) is 5.15. The van der Waals surface area contributed by atoms with Crippen LogP contribution in [0.5, 0.6) is 5.75 Å². The van der Waals surface area contributed by atoms with Gasteiger partial charge in [-0.2, -0.15) is 0 Å². The van der Waals surface area contributed by atoms with Crippen LogP contribution in [0.3, 0.4) is 0 Å². The Morgan fingerprint density at radius 1 is 1.21 bits per heavy atom. The Morgan fingerprint density at radius 3 is 2.71 bits per heavy atom. The Balaban J connectivity index is 0.00000280. The topological polar surface area (TPSA) is 58.1 Å². The summed E-state index contributed by atoms with van der Waals surface area (Å²) in [6.07, 6.45) is 4.92. The lowest BCUT2D eigenvalue weighted by atomic mass is 10.1. The molecule has 1 saturated carbocycles. The molecule has 0 unspecified atom stereocenters. The predicted molar refractivity (Wildman–Crippen MR) is 125 cm³/mol. The number of nitrogens with one attached hydrogen (secondary N) is 2. The first-order chi connectivity index (χ1) is 13.2. The molecule has 2 fully saturated rings. The van der Waals surface area contributed by atoms with E-state index in [1.165, 1.54) is 18.4 Å². The number of benzene rings is 1. The second kappa shape index (κ2) is 12.5. The van der Waals surface area contributed by atoms with Crippen molar-refractivity contribution in [1.82, 2.24) is 15.5 Å². The van der Waals surface area contributed by atoms with Crippen LogP contribution in [0, 0.1) is 5.92 Å². The molecule has 0 spiro atoms. The fourth-order valence-corrected chi connectivity index (χ4v) is 3.33. The van der Waals surface area contributed by atoms with Crippen LogP contribution in [0.2, 0.25) is 0 Å². The lowest BCUT2D eigenvalue weighted by Crippen LogP contribution is -2.38. The van der Waals surface area contributed by atoms with Gasteiger partial charge < -0.3 is 20.1 Å². The number of aliphatic imine (C=N–C) groups is 1. The van der Waals surface area contributed by atoms with Gasteiger partial charge in [0.2, 0.25) is 0 Å². The molecule has 2 aliphatic rings. The van der Waals surface area contributed by atoms with Crippen LogP contribution < -0.4 is 15.4 Å². The van der Waals surface area contributed by atoms with E-state index in [2.05, 4.69) is 45.8 Å². The van der Waals surface area contributed by atoms with Crippen LogP contribution >= 0.6 is 24.0 Å². The molecule has 0 aromatic heterocycles. The molecule has 1 saturated heterocycles. The number of hydrogen-bond acceptors (Lipinski definition) is 4. The number of hydrogen-bond donors (Lipinski definition) is 2. The first-order valence-corrected chi connectivity index (χ1v) is 10.2. The molecule has 158 valence electrons. The van der Waals surface area contributed by atoms with E-state index in [-0.39, 0.29) is 24.0 Å². The number of ether oxygens (including phenoxy) is 2. The molecule has 0 bridgehead atoms. The van der Waals surface area contributed by atoms with Crippen molar-refractivity contribution >= 4 is 29.9 Å². The van der Waals surface area contributed by atoms with Gasteiger partial charge in [-0.15, -0.1) is 24.0 Å². The van der Waals surface area contributed by atoms with Crippen LogP contribution in [-0.2, 0) is 11.3 Å². The van der Waals surface area contributed by atoms with Gasteiger partial charge >= 0.3 is 0 Å². The second-order valence-corrected chi connectivity index (χ2v) is 7.57. The van der Waals surface area contributed by atoms with Gasteiger partial charge in [0, 0.05) is 45.9 Å². The minimum atomic E-state index is 0. The van der Waals surface area contributed by atoms with Crippen molar-refractivity contribution in [3.63, 3.8) is 0 Å². The highest BCUT2D eigenvalue weighted by molar-refractivity contribution is 14.0. The first-order valence-electron chi connectivity index (χ1n) is 10.2. The van der Waals surface area contributed by atoms with E-state index in [0.717, 1.165) is 63.3 Å². The van der Waals surface area contributed by atoms with E-state index in [9.17, 15) is 0 Å². The second-order valence-electron chi connectivity index (χ2n) is 7.57.